The monoisotopic (exact) mass is 320 g/mol. The first-order valence-corrected chi connectivity index (χ1v) is 7.36. The van der Waals surface area contributed by atoms with Gasteiger partial charge in [-0.25, -0.2) is 0 Å². The molecule has 2 rings (SSSR count). The number of carbonyl (C=O) groups excluding carboxylic acids is 2. The van der Waals surface area contributed by atoms with Crippen molar-refractivity contribution < 1.29 is 19.2 Å². The van der Waals surface area contributed by atoms with Crippen molar-refractivity contribution in [2.45, 2.75) is 20.8 Å². The fourth-order valence-electron chi connectivity index (χ4n) is 2.43. The van der Waals surface area contributed by atoms with E-state index < -0.39 is 16.7 Å². The number of hydrogen-bond donors (Lipinski definition) is 0. The molecule has 0 radical (unpaired) electrons. The van der Waals surface area contributed by atoms with Crippen LogP contribution < -0.4 is 0 Å². The van der Waals surface area contributed by atoms with E-state index in [1.165, 1.54) is 18.2 Å². The minimum atomic E-state index is -0.460. The molecule has 0 bridgehead atoms. The van der Waals surface area contributed by atoms with E-state index in [0.717, 1.165) is 4.90 Å². The van der Waals surface area contributed by atoms with Gasteiger partial charge in [0.15, 0.2) is 0 Å². The molecule has 0 N–H and O–H groups in total. The molecule has 0 aromatic rings. The quantitative estimate of drug-likeness (QED) is 0.422. The predicted molar refractivity (Wildman–Crippen MR) is 82.8 cm³/mol. The average molecular weight is 320 g/mol. The molecule has 2 amide bonds. The van der Waals surface area contributed by atoms with Crippen LogP contribution in [0.5, 0.6) is 0 Å². The van der Waals surface area contributed by atoms with Crippen LogP contribution in [-0.2, 0) is 14.3 Å². The molecule has 0 aromatic heterocycles. The van der Waals surface area contributed by atoms with Gasteiger partial charge in [-0.1, -0.05) is 26.8 Å². The summed E-state index contributed by atoms with van der Waals surface area (Å²) in [7, 11) is 0. The van der Waals surface area contributed by atoms with Gasteiger partial charge >= 0.3 is 0 Å². The Labute approximate surface area is 134 Å². The zero-order valence-electron chi connectivity index (χ0n) is 13.4. The lowest BCUT2D eigenvalue weighted by molar-refractivity contribution is -0.420. The number of carbonyl (C=O) groups is 2. The van der Waals surface area contributed by atoms with Crippen LogP contribution in [0.2, 0.25) is 0 Å². The zero-order chi connectivity index (χ0) is 17.2. The van der Waals surface area contributed by atoms with Gasteiger partial charge in [-0.05, 0) is 5.41 Å². The highest BCUT2D eigenvalue weighted by Crippen LogP contribution is 2.28. The fraction of sp³-hybridized carbons (Fsp3) is 0.500. The van der Waals surface area contributed by atoms with E-state index in [0.29, 0.717) is 12.2 Å². The van der Waals surface area contributed by atoms with Crippen molar-refractivity contribution >= 4 is 11.8 Å². The molecule has 124 valence electrons. The van der Waals surface area contributed by atoms with Gasteiger partial charge in [0.05, 0.1) is 18.1 Å². The topological polar surface area (TPSA) is 89.8 Å². The van der Waals surface area contributed by atoms with Crippen LogP contribution in [0.25, 0.3) is 0 Å². The smallest absolute Gasteiger partial charge is 0.271 e. The van der Waals surface area contributed by atoms with Gasteiger partial charge in [0.1, 0.15) is 0 Å². The van der Waals surface area contributed by atoms with Crippen LogP contribution in [0, 0.1) is 21.4 Å². The fourth-order valence-corrected chi connectivity index (χ4v) is 2.43. The van der Waals surface area contributed by atoms with Crippen LogP contribution in [0.4, 0.5) is 0 Å². The van der Waals surface area contributed by atoms with Crippen molar-refractivity contribution in [2.75, 3.05) is 19.8 Å². The summed E-state index contributed by atoms with van der Waals surface area (Å²) in [5.41, 5.74) is 0.421. The minimum absolute atomic E-state index is 0.0176. The lowest BCUT2D eigenvalue weighted by Crippen LogP contribution is -2.35. The number of nitro groups is 1. The molecule has 1 aliphatic carbocycles. The molecule has 1 heterocycles. The summed E-state index contributed by atoms with van der Waals surface area (Å²) in [5, 5.41) is 11.2. The molecule has 7 nitrogen and oxygen atoms in total. The third kappa shape index (κ3) is 4.13. The standard InChI is InChI=1S/C16H20N2O5/c1-16(2,3)10-23-9-12-11(4-5-13(12)18(21)22)8-17-14(19)6-7-15(17)20/h4-7,11H,8-10H2,1-3H3. The highest BCUT2D eigenvalue weighted by atomic mass is 16.6. The Morgan fingerprint density at radius 3 is 2.35 bits per heavy atom. The summed E-state index contributed by atoms with van der Waals surface area (Å²) < 4.78 is 5.60. The lowest BCUT2D eigenvalue weighted by Gasteiger charge is -2.22. The first kappa shape index (κ1) is 17.1. The minimum Gasteiger partial charge on any atom is -0.376 e. The molecule has 0 spiro atoms. The first-order valence-electron chi connectivity index (χ1n) is 7.36. The van der Waals surface area contributed by atoms with Crippen molar-refractivity contribution in [1.29, 1.82) is 0 Å². The zero-order valence-corrected chi connectivity index (χ0v) is 13.4. The second-order valence-electron chi connectivity index (χ2n) is 6.81. The number of amides is 2. The normalized spacial score (nSPS) is 21.0. The number of nitrogens with zero attached hydrogens (tertiary/aromatic N) is 2. The van der Waals surface area contributed by atoms with Crippen LogP contribution >= 0.6 is 0 Å². The molecule has 0 fully saturated rings. The van der Waals surface area contributed by atoms with E-state index in [4.69, 9.17) is 4.74 Å². The molecular weight excluding hydrogens is 300 g/mol. The molecule has 23 heavy (non-hydrogen) atoms. The van der Waals surface area contributed by atoms with E-state index in [1.54, 1.807) is 6.08 Å². The van der Waals surface area contributed by atoms with E-state index in [2.05, 4.69) is 0 Å². The summed E-state index contributed by atoms with van der Waals surface area (Å²) in [4.78, 5) is 35.1. The highest BCUT2D eigenvalue weighted by molar-refractivity contribution is 6.12. The Kier molecular flexibility index (Phi) is 4.79. The van der Waals surface area contributed by atoms with Crippen LogP contribution in [0.15, 0.2) is 35.6 Å². The van der Waals surface area contributed by atoms with Crippen molar-refractivity contribution in [2.24, 2.45) is 11.3 Å². The van der Waals surface area contributed by atoms with Crippen molar-refractivity contribution in [3.8, 4) is 0 Å². The van der Waals surface area contributed by atoms with Crippen molar-refractivity contribution in [3.63, 3.8) is 0 Å². The summed E-state index contributed by atoms with van der Waals surface area (Å²) >= 11 is 0. The highest BCUT2D eigenvalue weighted by Gasteiger charge is 2.33. The predicted octanol–water partition coefficient (Wildman–Crippen LogP) is 1.69. The second-order valence-corrected chi connectivity index (χ2v) is 6.81. The molecule has 7 heteroatoms. The van der Waals surface area contributed by atoms with Crippen LogP contribution in [-0.4, -0.2) is 41.4 Å². The van der Waals surface area contributed by atoms with E-state index >= 15 is 0 Å². The number of allylic oxidation sites excluding steroid dienone is 1. The van der Waals surface area contributed by atoms with Crippen LogP contribution in [0.3, 0.4) is 0 Å². The van der Waals surface area contributed by atoms with E-state index in [9.17, 15) is 19.7 Å². The summed E-state index contributed by atoms with van der Waals surface area (Å²) in [6.07, 6.45) is 5.47. The van der Waals surface area contributed by atoms with Gasteiger partial charge in [0.25, 0.3) is 17.5 Å². The third-order valence-electron chi connectivity index (χ3n) is 3.53. The number of ether oxygens (including phenoxy) is 1. The van der Waals surface area contributed by atoms with Gasteiger partial charge in [-0.3, -0.25) is 24.6 Å². The van der Waals surface area contributed by atoms with Crippen LogP contribution in [0.1, 0.15) is 20.8 Å². The average Bonchev–Trinajstić information content (AvgIpc) is 2.96. The van der Waals surface area contributed by atoms with E-state index in [1.807, 2.05) is 20.8 Å². The Bertz CT molecular complexity index is 607. The molecule has 2 aliphatic rings. The van der Waals surface area contributed by atoms with Gasteiger partial charge in [-0.15, -0.1) is 0 Å². The van der Waals surface area contributed by atoms with Crippen molar-refractivity contribution in [3.05, 3.63) is 45.7 Å². The van der Waals surface area contributed by atoms with E-state index in [-0.39, 0.29) is 30.2 Å². The molecule has 1 atom stereocenters. The number of rotatable bonds is 6. The molecule has 0 aromatic carbocycles. The Morgan fingerprint density at radius 1 is 1.22 bits per heavy atom. The SMILES string of the molecule is CC(C)(C)COCC1=C([N+](=O)[O-])C=CC1CN1C(=O)C=CC1=O. The summed E-state index contributed by atoms with van der Waals surface area (Å²) in [6, 6.07) is 0. The Morgan fingerprint density at radius 2 is 1.83 bits per heavy atom. The maximum Gasteiger partial charge on any atom is 0.271 e. The first-order chi connectivity index (χ1) is 10.7. The molecular formula is C16H20N2O5. The maximum absolute atomic E-state index is 11.7. The lowest BCUT2D eigenvalue weighted by atomic mass is 9.98. The van der Waals surface area contributed by atoms with Gasteiger partial charge < -0.3 is 4.74 Å². The molecule has 0 saturated heterocycles. The summed E-state index contributed by atoms with van der Waals surface area (Å²) in [6.45, 7) is 6.67. The molecule has 1 unspecified atom stereocenters. The molecule has 1 aliphatic heterocycles. The van der Waals surface area contributed by atoms with Gasteiger partial charge in [0.2, 0.25) is 0 Å². The second kappa shape index (κ2) is 6.45. The largest absolute Gasteiger partial charge is 0.376 e. The Balaban J connectivity index is 2.09. The Hall–Kier alpha value is -2.28. The number of imide groups is 1. The number of hydrogen-bond acceptors (Lipinski definition) is 5. The van der Waals surface area contributed by atoms with Crippen molar-refractivity contribution in [1.82, 2.24) is 4.90 Å². The maximum atomic E-state index is 11.7. The summed E-state index contributed by atoms with van der Waals surface area (Å²) in [5.74, 6) is -1.18. The van der Waals surface area contributed by atoms with Gasteiger partial charge in [0, 0.05) is 36.3 Å². The van der Waals surface area contributed by atoms with Gasteiger partial charge in [-0.2, -0.15) is 0 Å². The third-order valence-corrected chi connectivity index (χ3v) is 3.53. The molecule has 0 saturated carbocycles.